The summed E-state index contributed by atoms with van der Waals surface area (Å²) in [6.45, 7) is 4.32. The molecule has 1 aromatic carbocycles. The Bertz CT molecular complexity index is 968. The van der Waals surface area contributed by atoms with Crippen molar-refractivity contribution in [1.82, 2.24) is 15.2 Å². The van der Waals surface area contributed by atoms with Crippen LogP contribution in [-0.2, 0) is 11.3 Å². The van der Waals surface area contributed by atoms with E-state index in [0.717, 1.165) is 0 Å². The van der Waals surface area contributed by atoms with E-state index in [2.05, 4.69) is 10.6 Å². The van der Waals surface area contributed by atoms with Crippen molar-refractivity contribution < 1.29 is 24.2 Å². The number of hydrogen-bond donors (Lipinski definition) is 3. The van der Waals surface area contributed by atoms with E-state index in [1.54, 1.807) is 16.7 Å². The second-order valence-electron chi connectivity index (χ2n) is 6.44. The van der Waals surface area contributed by atoms with Crippen LogP contribution in [0.15, 0.2) is 23.1 Å². The zero-order valence-corrected chi connectivity index (χ0v) is 15.8. The van der Waals surface area contributed by atoms with Crippen LogP contribution in [0.5, 0.6) is 11.5 Å². The van der Waals surface area contributed by atoms with Crippen LogP contribution in [0.2, 0.25) is 0 Å². The molecule has 28 heavy (non-hydrogen) atoms. The normalized spacial score (nSPS) is 13.4. The second kappa shape index (κ2) is 8.30. The lowest BCUT2D eigenvalue weighted by Crippen LogP contribution is -2.46. The van der Waals surface area contributed by atoms with Gasteiger partial charge in [0.15, 0.2) is 11.5 Å². The zero-order chi connectivity index (χ0) is 20.3. The monoisotopic (exact) mass is 389 g/mol. The molecule has 0 saturated heterocycles. The van der Waals surface area contributed by atoms with E-state index >= 15 is 0 Å². The van der Waals surface area contributed by atoms with E-state index in [4.69, 9.17) is 14.6 Å². The van der Waals surface area contributed by atoms with Crippen molar-refractivity contribution >= 4 is 22.7 Å². The highest BCUT2D eigenvalue weighted by Crippen LogP contribution is 2.35. The molecule has 3 N–H and O–H groups in total. The molecule has 2 aromatic rings. The van der Waals surface area contributed by atoms with Gasteiger partial charge in [0.25, 0.3) is 5.91 Å². The third kappa shape index (κ3) is 3.79. The summed E-state index contributed by atoms with van der Waals surface area (Å²) in [5.41, 5.74) is 0.148. The molecule has 2 amide bonds. The summed E-state index contributed by atoms with van der Waals surface area (Å²) >= 11 is 0. The van der Waals surface area contributed by atoms with Crippen molar-refractivity contribution in [3.8, 4) is 11.5 Å². The van der Waals surface area contributed by atoms with Gasteiger partial charge in [-0.15, -0.1) is 0 Å². The molecule has 3 rings (SSSR count). The SMILES string of the molecule is CCn1cc(C(=O)N[C@H](C)C(=O)NCCCO)c(=O)c2cc3c(cc21)OCO3. The maximum atomic E-state index is 12.9. The number of aliphatic hydroxyl groups excluding tert-OH is 1. The van der Waals surface area contributed by atoms with Gasteiger partial charge in [-0.1, -0.05) is 0 Å². The number of carbonyl (C=O) groups excluding carboxylic acids is 2. The van der Waals surface area contributed by atoms with Crippen LogP contribution in [0, 0.1) is 0 Å². The number of aliphatic hydroxyl groups is 1. The predicted octanol–water partition coefficient (Wildman–Crippen LogP) is 0.367. The van der Waals surface area contributed by atoms with Crippen LogP contribution in [-0.4, -0.2) is 47.5 Å². The average Bonchev–Trinajstić information content (AvgIpc) is 3.14. The van der Waals surface area contributed by atoms with E-state index in [1.165, 1.54) is 13.1 Å². The number of aromatic nitrogens is 1. The van der Waals surface area contributed by atoms with Gasteiger partial charge in [0.2, 0.25) is 18.1 Å². The third-order valence-electron chi connectivity index (χ3n) is 4.53. The Kier molecular flexibility index (Phi) is 5.84. The van der Waals surface area contributed by atoms with Gasteiger partial charge in [-0.25, -0.2) is 0 Å². The minimum Gasteiger partial charge on any atom is -0.454 e. The summed E-state index contributed by atoms with van der Waals surface area (Å²) in [5, 5.41) is 14.3. The highest BCUT2D eigenvalue weighted by atomic mass is 16.7. The summed E-state index contributed by atoms with van der Waals surface area (Å²) in [4.78, 5) is 37.6. The number of hydrogen-bond acceptors (Lipinski definition) is 6. The summed E-state index contributed by atoms with van der Waals surface area (Å²) < 4.78 is 12.5. The summed E-state index contributed by atoms with van der Waals surface area (Å²) in [6, 6.07) is 2.48. The number of rotatable bonds is 7. The van der Waals surface area contributed by atoms with Crippen LogP contribution in [0.3, 0.4) is 0 Å². The van der Waals surface area contributed by atoms with Crippen LogP contribution in [0.25, 0.3) is 10.9 Å². The number of benzene rings is 1. The molecule has 0 fully saturated rings. The Morgan fingerprint density at radius 2 is 2.00 bits per heavy atom. The number of ether oxygens (including phenoxy) is 2. The fourth-order valence-corrected chi connectivity index (χ4v) is 2.99. The van der Waals surface area contributed by atoms with Crippen LogP contribution >= 0.6 is 0 Å². The van der Waals surface area contributed by atoms with Crippen molar-refractivity contribution in [3.63, 3.8) is 0 Å². The lowest BCUT2D eigenvalue weighted by molar-refractivity contribution is -0.122. The maximum absolute atomic E-state index is 12.9. The quantitative estimate of drug-likeness (QED) is 0.589. The lowest BCUT2D eigenvalue weighted by atomic mass is 10.1. The predicted molar refractivity (Wildman–Crippen MR) is 102 cm³/mol. The molecule has 9 heteroatoms. The van der Waals surface area contributed by atoms with Gasteiger partial charge in [-0.3, -0.25) is 14.4 Å². The summed E-state index contributed by atoms with van der Waals surface area (Å²) in [5.74, 6) is -0.000681. The van der Waals surface area contributed by atoms with Crippen molar-refractivity contribution in [2.75, 3.05) is 19.9 Å². The molecule has 0 radical (unpaired) electrons. The topological polar surface area (TPSA) is 119 Å². The second-order valence-corrected chi connectivity index (χ2v) is 6.44. The first-order valence-electron chi connectivity index (χ1n) is 9.12. The van der Waals surface area contributed by atoms with Gasteiger partial charge < -0.3 is 29.8 Å². The standard InChI is InChI=1S/C19H23N3O6/c1-3-22-9-13(19(26)21-11(2)18(25)20-5-4-6-23)17(24)12-7-15-16(8-14(12)22)28-10-27-15/h7-9,11,23H,3-6,10H2,1-2H3,(H,20,25)(H,21,26)/t11-/m1/s1. The molecule has 1 atom stereocenters. The number of nitrogens with one attached hydrogen (secondary N) is 2. The molecular formula is C19H23N3O6. The van der Waals surface area contributed by atoms with Crippen LogP contribution in [0.1, 0.15) is 30.6 Å². The highest BCUT2D eigenvalue weighted by Gasteiger charge is 2.22. The van der Waals surface area contributed by atoms with E-state index in [9.17, 15) is 14.4 Å². The third-order valence-corrected chi connectivity index (χ3v) is 4.53. The average molecular weight is 389 g/mol. The zero-order valence-electron chi connectivity index (χ0n) is 15.8. The minimum absolute atomic E-state index is 0.0346. The first kappa shape index (κ1) is 19.7. The molecule has 2 heterocycles. The number of carbonyl (C=O) groups is 2. The maximum Gasteiger partial charge on any atom is 0.257 e. The van der Waals surface area contributed by atoms with Crippen molar-refractivity contribution in [1.29, 1.82) is 0 Å². The molecular weight excluding hydrogens is 366 g/mol. The molecule has 9 nitrogen and oxygen atoms in total. The molecule has 1 aromatic heterocycles. The number of nitrogens with zero attached hydrogens (tertiary/aromatic N) is 1. The highest BCUT2D eigenvalue weighted by molar-refractivity contribution is 6.00. The summed E-state index contributed by atoms with van der Waals surface area (Å²) in [6.07, 6.45) is 1.91. The van der Waals surface area contributed by atoms with Crippen molar-refractivity contribution in [3.05, 3.63) is 34.1 Å². The molecule has 150 valence electrons. The number of fused-ring (bicyclic) bond motifs is 2. The smallest absolute Gasteiger partial charge is 0.257 e. The van der Waals surface area contributed by atoms with E-state index < -0.39 is 17.4 Å². The Balaban J connectivity index is 1.89. The van der Waals surface area contributed by atoms with Crippen molar-refractivity contribution in [2.45, 2.75) is 32.9 Å². The van der Waals surface area contributed by atoms with Crippen LogP contribution < -0.4 is 25.5 Å². The fraction of sp³-hybridized carbons (Fsp3) is 0.421. The summed E-state index contributed by atoms with van der Waals surface area (Å²) in [7, 11) is 0. The molecule has 0 aliphatic carbocycles. The Labute approximate surface area is 161 Å². The largest absolute Gasteiger partial charge is 0.454 e. The van der Waals surface area contributed by atoms with Gasteiger partial charge in [0.1, 0.15) is 11.6 Å². The molecule has 0 saturated carbocycles. The molecule has 1 aliphatic heterocycles. The Morgan fingerprint density at radius 3 is 2.68 bits per heavy atom. The Morgan fingerprint density at radius 1 is 1.29 bits per heavy atom. The molecule has 0 bridgehead atoms. The molecule has 1 aliphatic rings. The van der Waals surface area contributed by atoms with E-state index in [-0.39, 0.29) is 24.9 Å². The van der Waals surface area contributed by atoms with Gasteiger partial charge in [0, 0.05) is 32.0 Å². The minimum atomic E-state index is -0.826. The number of pyridine rings is 1. The number of aryl methyl sites for hydroxylation is 1. The van der Waals surface area contributed by atoms with Gasteiger partial charge in [-0.05, 0) is 26.3 Å². The van der Waals surface area contributed by atoms with Gasteiger partial charge in [-0.2, -0.15) is 0 Å². The van der Waals surface area contributed by atoms with E-state index in [0.29, 0.717) is 41.9 Å². The lowest BCUT2D eigenvalue weighted by Gasteiger charge is -2.16. The van der Waals surface area contributed by atoms with Gasteiger partial charge >= 0.3 is 0 Å². The molecule has 0 unspecified atom stereocenters. The van der Waals surface area contributed by atoms with Crippen molar-refractivity contribution in [2.24, 2.45) is 0 Å². The molecule has 0 spiro atoms. The first-order valence-corrected chi connectivity index (χ1v) is 9.12. The van der Waals surface area contributed by atoms with Gasteiger partial charge in [0.05, 0.1) is 10.9 Å². The van der Waals surface area contributed by atoms with Crippen LogP contribution in [0.4, 0.5) is 0 Å². The Hall–Kier alpha value is -3.07. The fourth-order valence-electron chi connectivity index (χ4n) is 2.99. The first-order chi connectivity index (χ1) is 13.5. The number of amides is 2. The van der Waals surface area contributed by atoms with E-state index in [1.807, 2.05) is 6.92 Å².